The van der Waals surface area contributed by atoms with E-state index in [9.17, 15) is 5.11 Å². The molecular formula is C17H28N2O. The molecular weight excluding hydrogens is 248 g/mol. The molecule has 2 N–H and O–H groups in total. The molecule has 0 radical (unpaired) electrons. The number of nitrogens with zero attached hydrogens (tertiary/aromatic N) is 1. The Bertz CT molecular complexity index is 421. The van der Waals surface area contributed by atoms with E-state index in [2.05, 4.69) is 55.3 Å². The van der Waals surface area contributed by atoms with Crippen molar-refractivity contribution in [3.05, 3.63) is 29.8 Å². The van der Waals surface area contributed by atoms with Crippen molar-refractivity contribution in [2.75, 3.05) is 24.5 Å². The van der Waals surface area contributed by atoms with Crippen LogP contribution in [0.2, 0.25) is 0 Å². The Morgan fingerprint density at radius 3 is 2.75 bits per heavy atom. The smallest absolute Gasteiger partial charge is 0.0741 e. The van der Waals surface area contributed by atoms with E-state index in [1.54, 1.807) is 0 Å². The van der Waals surface area contributed by atoms with Crippen molar-refractivity contribution in [3.63, 3.8) is 0 Å². The fraction of sp³-hybridized carbons (Fsp3) is 0.647. The minimum absolute atomic E-state index is 0.212. The largest absolute Gasteiger partial charge is 0.391 e. The second kappa shape index (κ2) is 7.09. The van der Waals surface area contributed by atoms with Crippen LogP contribution in [0.5, 0.6) is 0 Å². The number of β-amino-alcohol motifs (C(OH)–C–C–N with tert-alkyl or cyclic N) is 1. The van der Waals surface area contributed by atoms with E-state index in [0.717, 1.165) is 32.5 Å². The Balaban J connectivity index is 2.23. The third-order valence-corrected chi connectivity index (χ3v) is 4.43. The van der Waals surface area contributed by atoms with Gasteiger partial charge in [-0.05, 0) is 36.9 Å². The van der Waals surface area contributed by atoms with Gasteiger partial charge in [0.1, 0.15) is 0 Å². The number of hydrogen-bond acceptors (Lipinski definition) is 3. The summed E-state index contributed by atoms with van der Waals surface area (Å²) in [6.45, 7) is 9.28. The minimum atomic E-state index is -0.212. The zero-order valence-corrected chi connectivity index (χ0v) is 13.0. The fourth-order valence-corrected chi connectivity index (χ4v) is 3.06. The van der Waals surface area contributed by atoms with Crippen molar-refractivity contribution in [2.24, 2.45) is 5.92 Å². The molecule has 112 valence electrons. The van der Waals surface area contributed by atoms with Gasteiger partial charge in [0, 0.05) is 24.8 Å². The van der Waals surface area contributed by atoms with E-state index in [0.29, 0.717) is 12.0 Å². The number of hydrogen-bond donors (Lipinski definition) is 2. The highest BCUT2D eigenvalue weighted by Crippen LogP contribution is 2.31. The van der Waals surface area contributed by atoms with Gasteiger partial charge in [0.05, 0.1) is 6.10 Å². The van der Waals surface area contributed by atoms with Crippen molar-refractivity contribution < 1.29 is 5.11 Å². The summed E-state index contributed by atoms with van der Waals surface area (Å²) in [6.07, 6.45) is 1.93. The number of benzene rings is 1. The molecule has 1 aliphatic heterocycles. The van der Waals surface area contributed by atoms with Crippen LogP contribution in [0.3, 0.4) is 0 Å². The maximum absolute atomic E-state index is 10.1. The van der Waals surface area contributed by atoms with Crippen LogP contribution in [0.15, 0.2) is 24.3 Å². The lowest BCUT2D eigenvalue weighted by Gasteiger charge is -2.37. The van der Waals surface area contributed by atoms with Gasteiger partial charge in [-0.25, -0.2) is 0 Å². The highest BCUT2D eigenvalue weighted by molar-refractivity contribution is 5.55. The van der Waals surface area contributed by atoms with Crippen molar-refractivity contribution in [3.8, 4) is 0 Å². The van der Waals surface area contributed by atoms with Crippen LogP contribution in [0.1, 0.15) is 45.2 Å². The molecule has 3 atom stereocenters. The molecule has 1 aliphatic rings. The average molecular weight is 276 g/mol. The van der Waals surface area contributed by atoms with E-state index in [1.165, 1.54) is 11.3 Å². The number of piperidine rings is 1. The van der Waals surface area contributed by atoms with Crippen LogP contribution >= 0.6 is 0 Å². The van der Waals surface area contributed by atoms with Crippen LogP contribution in [0, 0.1) is 5.92 Å². The number of nitrogens with one attached hydrogen (secondary N) is 1. The number of para-hydroxylation sites is 1. The van der Waals surface area contributed by atoms with Gasteiger partial charge in [-0.1, -0.05) is 39.0 Å². The molecule has 1 aromatic rings. The molecule has 3 nitrogen and oxygen atoms in total. The molecule has 3 unspecified atom stereocenters. The monoisotopic (exact) mass is 276 g/mol. The summed E-state index contributed by atoms with van der Waals surface area (Å²) < 4.78 is 0. The summed E-state index contributed by atoms with van der Waals surface area (Å²) >= 11 is 0. The van der Waals surface area contributed by atoms with Crippen molar-refractivity contribution in [1.82, 2.24) is 5.32 Å². The number of rotatable bonds is 5. The highest BCUT2D eigenvalue weighted by atomic mass is 16.3. The van der Waals surface area contributed by atoms with Crippen LogP contribution < -0.4 is 10.2 Å². The van der Waals surface area contributed by atoms with Gasteiger partial charge in [0.15, 0.2) is 0 Å². The Morgan fingerprint density at radius 2 is 2.10 bits per heavy atom. The first-order valence-electron chi connectivity index (χ1n) is 7.92. The maximum Gasteiger partial charge on any atom is 0.0741 e. The molecule has 1 saturated heterocycles. The fourth-order valence-electron chi connectivity index (χ4n) is 3.06. The lowest BCUT2D eigenvalue weighted by atomic mass is 9.94. The summed E-state index contributed by atoms with van der Waals surface area (Å²) in [4.78, 5) is 2.35. The molecule has 1 heterocycles. The topological polar surface area (TPSA) is 35.5 Å². The van der Waals surface area contributed by atoms with Gasteiger partial charge < -0.3 is 15.3 Å². The van der Waals surface area contributed by atoms with E-state index in [-0.39, 0.29) is 6.10 Å². The molecule has 1 fully saturated rings. The first-order valence-corrected chi connectivity index (χ1v) is 7.92. The van der Waals surface area contributed by atoms with E-state index in [4.69, 9.17) is 0 Å². The molecule has 0 aliphatic carbocycles. The Kier molecular flexibility index (Phi) is 5.44. The van der Waals surface area contributed by atoms with Crippen molar-refractivity contribution >= 4 is 5.69 Å². The average Bonchev–Trinajstić information content (AvgIpc) is 2.48. The van der Waals surface area contributed by atoms with Gasteiger partial charge >= 0.3 is 0 Å². The highest BCUT2D eigenvalue weighted by Gasteiger charge is 2.26. The van der Waals surface area contributed by atoms with Crippen molar-refractivity contribution in [2.45, 2.75) is 45.8 Å². The lowest BCUT2D eigenvalue weighted by Crippen LogP contribution is -2.43. The number of aliphatic hydroxyl groups excluding tert-OH is 1. The summed E-state index contributed by atoms with van der Waals surface area (Å²) in [6, 6.07) is 9.02. The Morgan fingerprint density at radius 1 is 1.35 bits per heavy atom. The normalized spacial score (nSPS) is 24.7. The summed E-state index contributed by atoms with van der Waals surface area (Å²) in [7, 11) is 0. The third kappa shape index (κ3) is 3.33. The van der Waals surface area contributed by atoms with Gasteiger partial charge in [0.25, 0.3) is 0 Å². The first-order chi connectivity index (χ1) is 9.67. The number of aliphatic hydroxyl groups is 1. The molecule has 2 rings (SSSR count). The van der Waals surface area contributed by atoms with Gasteiger partial charge in [-0.2, -0.15) is 0 Å². The Hall–Kier alpha value is -1.06. The molecule has 3 heteroatoms. The van der Waals surface area contributed by atoms with Gasteiger partial charge in [0.2, 0.25) is 0 Å². The quantitative estimate of drug-likeness (QED) is 0.868. The number of anilines is 1. The third-order valence-electron chi connectivity index (χ3n) is 4.43. The van der Waals surface area contributed by atoms with E-state index < -0.39 is 0 Å². The van der Waals surface area contributed by atoms with Crippen LogP contribution in [-0.2, 0) is 0 Å². The maximum atomic E-state index is 10.1. The Labute approximate surface area is 123 Å². The second-order valence-corrected chi connectivity index (χ2v) is 5.86. The summed E-state index contributed by atoms with van der Waals surface area (Å²) in [5.74, 6) is 0.411. The predicted molar refractivity (Wildman–Crippen MR) is 85.2 cm³/mol. The van der Waals surface area contributed by atoms with Crippen LogP contribution in [0.4, 0.5) is 5.69 Å². The molecule has 0 amide bonds. The van der Waals surface area contributed by atoms with E-state index in [1.807, 2.05) is 0 Å². The molecule has 1 aromatic carbocycles. The zero-order valence-electron chi connectivity index (χ0n) is 13.0. The standard InChI is InChI=1S/C17H28N2O/c1-4-15(18-5-2)14-8-6-7-9-16(14)19-11-10-13(3)17(20)12-19/h6-9,13,15,17-18,20H,4-5,10-12H2,1-3H3. The van der Waals surface area contributed by atoms with E-state index >= 15 is 0 Å². The summed E-state index contributed by atoms with van der Waals surface area (Å²) in [5, 5.41) is 13.7. The first kappa shape index (κ1) is 15.3. The molecule has 20 heavy (non-hydrogen) atoms. The van der Waals surface area contributed by atoms with Crippen LogP contribution in [-0.4, -0.2) is 30.8 Å². The molecule has 0 saturated carbocycles. The summed E-state index contributed by atoms with van der Waals surface area (Å²) in [5.41, 5.74) is 2.64. The molecule has 0 spiro atoms. The van der Waals surface area contributed by atoms with Gasteiger partial charge in [-0.15, -0.1) is 0 Å². The minimum Gasteiger partial charge on any atom is -0.391 e. The van der Waals surface area contributed by atoms with Gasteiger partial charge in [-0.3, -0.25) is 0 Å². The second-order valence-electron chi connectivity index (χ2n) is 5.86. The molecule has 0 bridgehead atoms. The molecule has 0 aromatic heterocycles. The van der Waals surface area contributed by atoms with Crippen LogP contribution in [0.25, 0.3) is 0 Å². The van der Waals surface area contributed by atoms with Crippen molar-refractivity contribution in [1.29, 1.82) is 0 Å². The lowest BCUT2D eigenvalue weighted by molar-refractivity contribution is 0.103. The SMILES string of the molecule is CCNC(CC)c1ccccc1N1CCC(C)C(O)C1. The predicted octanol–water partition coefficient (Wildman–Crippen LogP) is 2.95. The zero-order chi connectivity index (χ0) is 14.5.